The van der Waals surface area contributed by atoms with E-state index in [2.05, 4.69) is 275 Å². The van der Waals surface area contributed by atoms with Gasteiger partial charge in [-0.2, -0.15) is 188 Å². The molecule has 0 spiro atoms. The zero-order valence-corrected chi connectivity index (χ0v) is 35.3. The van der Waals surface area contributed by atoms with E-state index in [1.165, 1.54) is 0 Å². The summed E-state index contributed by atoms with van der Waals surface area (Å²) in [6.07, 6.45) is 0.806. The predicted molar refractivity (Wildman–Crippen MR) is 228 cm³/mol. The highest BCUT2D eigenvalue weighted by Crippen LogP contribution is 1.67. The number of hydrazine groups is 42. The van der Waals surface area contributed by atoms with Gasteiger partial charge in [-0.25, -0.2) is 76.0 Å². The monoisotopic (exact) mass is 965 g/mol. The summed E-state index contributed by atoms with van der Waals surface area (Å²) in [5, 5.41) is 3.14. The summed E-state index contributed by atoms with van der Waals surface area (Å²) in [7, 11) is 0. The summed E-state index contributed by atoms with van der Waals surface area (Å²) >= 11 is 0. The van der Waals surface area contributed by atoms with Crippen molar-refractivity contribution < 1.29 is 0 Å². The van der Waals surface area contributed by atoms with Crippen molar-refractivity contribution in [3.8, 4) is 0 Å². The third kappa shape index (κ3) is 61.9. The van der Waals surface area contributed by atoms with Gasteiger partial charge >= 0.3 is 0 Å². The molecule has 392 valence electrons. The van der Waals surface area contributed by atoms with Gasteiger partial charge in [0.15, 0.2) is 0 Å². The lowest BCUT2D eigenvalue weighted by atomic mass is 10.4. The Kier molecular flexibility index (Phi) is 59.9. The summed E-state index contributed by atoms with van der Waals surface area (Å²) < 4.78 is 0. The van der Waals surface area contributed by atoms with E-state index in [1.807, 2.05) is 0 Å². The molecule has 0 rings (SSSR count). The Morgan fingerprint density at radius 2 is 0.446 bits per heavy atom. The molecule has 0 saturated carbocycles. The molecule has 0 radical (unpaired) electrons. The maximum Gasteiger partial charge on any atom is 0.0748 e. The average molecular weight is 965 g/mol. The summed E-state index contributed by atoms with van der Waals surface area (Å²) in [6.45, 7) is 6.40. The molecule has 0 aliphatic carbocycles. The molecule has 0 aliphatic rings. The van der Waals surface area contributed by atoms with Crippen LogP contribution in [0.15, 0.2) is 0 Å². The fourth-order valence-corrected chi connectivity index (χ4v) is 2.88. The molecule has 65 heavy (non-hydrogen) atoms. The van der Waals surface area contributed by atoms with E-state index in [-0.39, 0.29) is 0 Å². The highest BCUT2D eigenvalue weighted by molar-refractivity contribution is 4.46. The highest BCUT2D eigenvalue weighted by Gasteiger charge is 1.92. The van der Waals surface area contributed by atoms with Crippen LogP contribution in [0, 0.1) is 0 Å². The minimum absolute atomic E-state index is 0.341. The van der Waals surface area contributed by atoms with Crippen LogP contribution in [0.4, 0.5) is 0 Å². The molecule has 0 heterocycles. The number of nitrogens with one attached hydrogen (secondary N) is 50. The van der Waals surface area contributed by atoms with Gasteiger partial charge in [-0.3, -0.25) is 11.3 Å². The summed E-state index contributed by atoms with van der Waals surface area (Å²) in [4.78, 5) is 0. The van der Waals surface area contributed by atoms with Crippen LogP contribution in [-0.4, -0.2) is 79.3 Å². The molecule has 0 aromatic carbocycles. The fraction of sp³-hybridized carbons (Fsp3) is 1.00. The standard InChI is InChI=1S/C13H80N52/c14-8-22-17-5-4-16-9-23-40-48-42-27-10-24-37-33-20-6-7-21-36-50-55-53-45-30-12-26-39-38-25-11-29-43-51-52-44-31-13-28-41-47-34-18-2-1-3-19-35-49-56-58-60-62-64-65-63-61-59-57-54-46-32-15/h16-65H,1-15H2. The maximum absolute atomic E-state index is 5.29. The van der Waals surface area contributed by atoms with Crippen LogP contribution >= 0.6 is 0 Å². The van der Waals surface area contributed by atoms with Gasteiger partial charge in [-0.15, -0.1) is 0 Å². The third-order valence-electron chi connectivity index (χ3n) is 5.40. The quantitative estimate of drug-likeness (QED) is 0.0116. The van der Waals surface area contributed by atoms with Crippen LogP contribution in [0.3, 0.4) is 0 Å². The summed E-state index contributed by atoms with van der Waals surface area (Å²) in [6, 6.07) is 0. The van der Waals surface area contributed by atoms with Gasteiger partial charge in [0.25, 0.3) is 0 Å². The Hall–Kier alpha value is -2.08. The molecule has 0 aromatic heterocycles. The van der Waals surface area contributed by atoms with Gasteiger partial charge in [-0.1, -0.05) is 0 Å². The SMILES string of the molecule is NCNNCCNCNNNNNCNNNNCCNNNNNNNCNNNNCNNNNNNCNNNNNCCCNNNNNNNNNNNNNNNNN. The van der Waals surface area contributed by atoms with Crippen LogP contribution in [0.1, 0.15) is 6.42 Å². The van der Waals surface area contributed by atoms with Crippen LogP contribution < -0.4 is 286 Å². The Morgan fingerprint density at radius 3 is 0.800 bits per heavy atom. The van der Waals surface area contributed by atoms with Gasteiger partial charge in [0.1, 0.15) is 0 Å². The van der Waals surface area contributed by atoms with Crippen molar-refractivity contribution in [3.63, 3.8) is 0 Å². The maximum atomic E-state index is 5.29. The molecule has 0 saturated heterocycles. The lowest BCUT2D eigenvalue weighted by molar-refractivity contribution is 0.201. The van der Waals surface area contributed by atoms with Crippen molar-refractivity contribution in [1.29, 1.82) is 0 Å². The Balaban J connectivity index is 3.06. The number of nitrogens with two attached hydrogens (primary N) is 2. The second-order valence-electron chi connectivity index (χ2n) is 10.1. The average Bonchev–Trinajstić information content (AvgIpc) is 3.32. The summed E-state index contributed by atoms with van der Waals surface area (Å²) in [5.74, 6) is 4.96. The largest absolute Gasteiger partial charge is 0.317 e. The molecule has 0 unspecified atom stereocenters. The summed E-state index contributed by atoms with van der Waals surface area (Å²) in [5.41, 5.74) is 137. The van der Waals surface area contributed by atoms with E-state index < -0.39 is 0 Å². The first-order valence-corrected chi connectivity index (χ1v) is 19.0. The topological polar surface area (TPSA) is 654 Å². The van der Waals surface area contributed by atoms with E-state index in [0.717, 1.165) is 19.5 Å². The molecular weight excluding hydrogens is 885 g/mol. The first-order valence-electron chi connectivity index (χ1n) is 19.0. The molecule has 52 nitrogen and oxygen atoms in total. The van der Waals surface area contributed by atoms with Gasteiger partial charge in [0, 0.05) is 39.3 Å². The minimum atomic E-state index is 0.341. The van der Waals surface area contributed by atoms with Crippen LogP contribution in [0.25, 0.3) is 0 Å². The second kappa shape index (κ2) is 61.9. The molecule has 54 N–H and O–H groups in total. The molecule has 0 aromatic rings. The number of rotatable bonds is 62. The van der Waals surface area contributed by atoms with Gasteiger partial charge in [0.2, 0.25) is 0 Å². The van der Waals surface area contributed by atoms with E-state index in [4.69, 9.17) is 11.6 Å². The zero-order chi connectivity index (χ0) is 46.5. The van der Waals surface area contributed by atoms with Gasteiger partial charge in [0.05, 0.1) is 40.0 Å². The van der Waals surface area contributed by atoms with Crippen molar-refractivity contribution in [2.24, 2.45) is 11.6 Å². The molecule has 0 fully saturated rings. The van der Waals surface area contributed by atoms with Crippen LogP contribution in [-0.2, 0) is 0 Å². The fourth-order valence-electron chi connectivity index (χ4n) is 2.88. The van der Waals surface area contributed by atoms with E-state index in [9.17, 15) is 0 Å². The molecule has 52 heteroatoms. The zero-order valence-electron chi connectivity index (χ0n) is 35.3. The smallest absolute Gasteiger partial charge is 0.0748 e. The van der Waals surface area contributed by atoms with E-state index in [0.29, 0.717) is 66.2 Å². The Bertz CT molecular complexity index is 738. The van der Waals surface area contributed by atoms with Crippen molar-refractivity contribution in [3.05, 3.63) is 0 Å². The third-order valence-corrected chi connectivity index (χ3v) is 5.40. The molecule has 0 bridgehead atoms. The van der Waals surface area contributed by atoms with Crippen molar-refractivity contribution in [2.45, 2.75) is 6.42 Å². The van der Waals surface area contributed by atoms with Crippen molar-refractivity contribution >= 4 is 0 Å². The number of hydrogen-bond donors (Lipinski definition) is 52. The van der Waals surface area contributed by atoms with E-state index in [1.54, 1.807) is 0 Å². The molecule has 0 amide bonds. The minimum Gasteiger partial charge on any atom is -0.317 e. The first kappa shape index (κ1) is 62.9. The van der Waals surface area contributed by atoms with Crippen LogP contribution in [0.2, 0.25) is 0 Å². The number of hydrogen-bond acceptors (Lipinski definition) is 52. The van der Waals surface area contributed by atoms with Gasteiger partial charge < -0.3 is 11.1 Å². The lowest BCUT2D eigenvalue weighted by Gasteiger charge is -2.15. The normalized spacial score (nSPS) is 11.7. The van der Waals surface area contributed by atoms with Gasteiger partial charge in [-0.05, 0) is 6.42 Å². The molecular formula is C13H80N52. The predicted octanol–water partition coefficient (Wildman–Crippen LogP) is -25.1. The van der Waals surface area contributed by atoms with Crippen molar-refractivity contribution in [1.82, 2.24) is 275 Å². The first-order chi connectivity index (χ1) is 32.4. The van der Waals surface area contributed by atoms with E-state index >= 15 is 0 Å². The Labute approximate surface area is 372 Å². The Morgan fingerprint density at radius 1 is 0.200 bits per heavy atom. The molecule has 0 atom stereocenters. The van der Waals surface area contributed by atoms with Crippen LogP contribution in [0.5, 0.6) is 0 Å². The second-order valence-corrected chi connectivity index (χ2v) is 10.1. The highest BCUT2D eigenvalue weighted by atomic mass is 16.0. The molecule has 0 aliphatic heterocycles. The lowest BCUT2D eigenvalue weighted by Crippen LogP contribution is -2.68. The van der Waals surface area contributed by atoms with Crippen molar-refractivity contribution in [2.75, 3.05) is 79.3 Å².